The molecule has 0 amide bonds. The number of rotatable bonds is 9. The Morgan fingerprint density at radius 2 is 1.02 bits per heavy atom. The zero-order chi connectivity index (χ0) is 37.8. The molecule has 0 radical (unpaired) electrons. The van der Waals surface area contributed by atoms with Crippen molar-refractivity contribution in [3.05, 3.63) is 128 Å². The fourth-order valence-electron chi connectivity index (χ4n) is 6.46. The highest BCUT2D eigenvalue weighted by atomic mass is 35.5. The van der Waals surface area contributed by atoms with Crippen molar-refractivity contribution in [1.82, 2.24) is 0 Å². The van der Waals surface area contributed by atoms with Crippen LogP contribution in [0, 0.1) is 10.1 Å². The minimum absolute atomic E-state index is 0.122. The number of carbonyl (C=O) groups is 2. The summed E-state index contributed by atoms with van der Waals surface area (Å²) in [6.07, 6.45) is -3.38. The van der Waals surface area contributed by atoms with Crippen molar-refractivity contribution in [2.24, 2.45) is 0 Å². The van der Waals surface area contributed by atoms with Crippen LogP contribution in [0.1, 0.15) is 20.7 Å². The molecule has 4 saturated heterocycles. The van der Waals surface area contributed by atoms with Crippen LogP contribution in [0.4, 0.5) is 11.4 Å². The summed E-state index contributed by atoms with van der Waals surface area (Å²) in [5.41, 5.74) is 7.09. The monoisotopic (exact) mass is 780 g/mol. The third kappa shape index (κ3) is 8.39. The zero-order valence-corrected chi connectivity index (χ0v) is 29.9. The molecule has 0 aromatic heterocycles. The minimum Gasteiger partial charge on any atom is -0.484 e. The number of nitro groups is 1. The van der Waals surface area contributed by atoms with E-state index in [0.717, 1.165) is 0 Å². The van der Waals surface area contributed by atoms with Crippen LogP contribution in [0.15, 0.2) is 97.1 Å². The molecule has 8 atom stereocenters. The number of esters is 2. The minimum atomic E-state index is -0.543. The Balaban J connectivity index is 0.000000167. The molecule has 282 valence electrons. The van der Waals surface area contributed by atoms with Crippen LogP contribution >= 0.6 is 23.2 Å². The quantitative estimate of drug-likeness (QED) is 0.0946. The van der Waals surface area contributed by atoms with Crippen molar-refractivity contribution >= 4 is 46.5 Å². The molecule has 54 heavy (non-hydrogen) atoms. The Morgan fingerprint density at radius 1 is 0.611 bits per heavy atom. The van der Waals surface area contributed by atoms with Gasteiger partial charge in [-0.25, -0.2) is 9.59 Å². The Morgan fingerprint density at radius 3 is 1.44 bits per heavy atom. The highest BCUT2D eigenvalue weighted by Crippen LogP contribution is 2.36. The summed E-state index contributed by atoms with van der Waals surface area (Å²) in [4.78, 5) is 34.8. The second-order valence-corrected chi connectivity index (χ2v) is 13.5. The number of nitro benzene ring substituents is 1. The molecule has 0 bridgehead atoms. The van der Waals surface area contributed by atoms with Gasteiger partial charge in [0.15, 0.2) is 24.4 Å². The maximum atomic E-state index is 12.3. The number of carbonyl (C=O) groups excluding carboxylic acids is 2. The number of nitrogen functional groups attached to an aromatic ring is 1. The number of non-ortho nitro benzene ring substituents is 1. The molecule has 0 aliphatic carbocycles. The Hall–Kier alpha value is -4.96. The first kappa shape index (κ1) is 37.4. The van der Waals surface area contributed by atoms with E-state index < -0.39 is 47.4 Å². The Kier molecular flexibility index (Phi) is 11.5. The number of nitrogens with zero attached hydrogens (tertiary/aromatic N) is 1. The largest absolute Gasteiger partial charge is 0.484 e. The van der Waals surface area contributed by atoms with E-state index in [4.69, 9.17) is 66.8 Å². The maximum Gasteiger partial charge on any atom is 0.338 e. The van der Waals surface area contributed by atoms with Crippen LogP contribution in [0.3, 0.4) is 0 Å². The predicted molar refractivity (Wildman–Crippen MR) is 193 cm³/mol. The molecule has 0 unspecified atom stereocenters. The van der Waals surface area contributed by atoms with Crippen molar-refractivity contribution in [1.29, 1.82) is 0 Å². The molecule has 4 aromatic carbocycles. The topological polar surface area (TPSA) is 177 Å². The van der Waals surface area contributed by atoms with Gasteiger partial charge in [-0.15, -0.1) is 0 Å². The number of ether oxygens (including phenoxy) is 8. The van der Waals surface area contributed by atoms with Gasteiger partial charge in [0.25, 0.3) is 5.69 Å². The molecule has 4 heterocycles. The molecule has 2 N–H and O–H groups in total. The van der Waals surface area contributed by atoms with Gasteiger partial charge >= 0.3 is 11.9 Å². The lowest BCUT2D eigenvalue weighted by molar-refractivity contribution is -0.384. The second kappa shape index (κ2) is 16.6. The summed E-state index contributed by atoms with van der Waals surface area (Å²) < 4.78 is 45.9. The van der Waals surface area contributed by atoms with Gasteiger partial charge in [0.2, 0.25) is 0 Å². The number of hydrogen-bond donors (Lipinski definition) is 1. The SMILES string of the molecule is Nc1ccc(O[C@H]2CO[C@H]3[C@@H]2OC[C@@H]3OC(=O)c2ccccc2)c(Cl)c1.O=C(O[C@H]1CO[C@H]2[C@@H]1OC[C@@H]2Oc1ccc([N+](=O)[O-])cc1Cl)c1ccccc1. The van der Waals surface area contributed by atoms with E-state index in [0.29, 0.717) is 39.9 Å². The van der Waals surface area contributed by atoms with Crippen molar-refractivity contribution in [2.75, 3.05) is 32.2 Å². The molecule has 4 aromatic rings. The molecule has 4 aliphatic rings. The maximum absolute atomic E-state index is 12.3. The molecule has 4 aliphatic heterocycles. The van der Waals surface area contributed by atoms with Gasteiger partial charge < -0.3 is 43.6 Å². The first-order chi connectivity index (χ1) is 26.1. The number of benzene rings is 4. The van der Waals surface area contributed by atoms with Gasteiger partial charge in [0.05, 0.1) is 52.5 Å². The smallest absolute Gasteiger partial charge is 0.338 e. The molecule has 4 fully saturated rings. The summed E-state index contributed by atoms with van der Waals surface area (Å²) in [6, 6.07) is 26.6. The third-order valence-corrected chi connectivity index (χ3v) is 9.69. The molecule has 16 heteroatoms. The van der Waals surface area contributed by atoms with E-state index in [2.05, 4.69) is 0 Å². The fourth-order valence-corrected chi connectivity index (χ4v) is 6.91. The predicted octanol–water partition coefficient (Wildman–Crippen LogP) is 5.71. The standard InChI is InChI=1S/C19H16ClNO7.C19H18ClNO5/c20-13-8-12(21(23)24)6-7-14(13)27-15-9-25-18-16(10-26-17(15)18)28-19(22)11-4-2-1-3-5-11;20-13-8-12(21)6-7-14(13)25-15-9-23-18-16(10-24-17(15)18)26-19(22)11-4-2-1-3-5-11/h1-8,15-18H,9-10H2;1-8,15-18H,9-10,21H2/t2*15-,16-,17+,18+/m00/s1. The van der Waals surface area contributed by atoms with Crippen molar-refractivity contribution in [3.8, 4) is 11.5 Å². The van der Waals surface area contributed by atoms with Gasteiger partial charge in [0, 0.05) is 17.8 Å². The summed E-state index contributed by atoms with van der Waals surface area (Å²) >= 11 is 12.2. The van der Waals surface area contributed by atoms with Gasteiger partial charge in [-0.1, -0.05) is 59.6 Å². The van der Waals surface area contributed by atoms with E-state index in [1.165, 1.54) is 18.2 Å². The van der Waals surface area contributed by atoms with Gasteiger partial charge in [-0.2, -0.15) is 0 Å². The molecular weight excluding hydrogens is 747 g/mol. The number of nitrogens with two attached hydrogens (primary N) is 1. The summed E-state index contributed by atoms with van der Waals surface area (Å²) in [6.45, 7) is 1.02. The summed E-state index contributed by atoms with van der Waals surface area (Å²) in [7, 11) is 0. The third-order valence-electron chi connectivity index (χ3n) is 9.10. The van der Waals surface area contributed by atoms with E-state index in [1.54, 1.807) is 66.7 Å². The van der Waals surface area contributed by atoms with Crippen LogP contribution in [-0.2, 0) is 28.4 Å². The zero-order valence-electron chi connectivity index (χ0n) is 28.4. The van der Waals surface area contributed by atoms with Crippen LogP contribution in [0.5, 0.6) is 11.5 Å². The number of halogens is 2. The van der Waals surface area contributed by atoms with Gasteiger partial charge in [-0.05, 0) is 48.5 Å². The first-order valence-corrected chi connectivity index (χ1v) is 17.7. The summed E-state index contributed by atoms with van der Waals surface area (Å²) in [5.74, 6) is -0.0195. The Bertz CT molecular complexity index is 1970. The van der Waals surface area contributed by atoms with Crippen molar-refractivity contribution in [3.63, 3.8) is 0 Å². The highest BCUT2D eigenvalue weighted by molar-refractivity contribution is 6.32. The fraction of sp³-hybridized carbons (Fsp3) is 0.316. The lowest BCUT2D eigenvalue weighted by Gasteiger charge is -2.19. The van der Waals surface area contributed by atoms with E-state index in [1.807, 2.05) is 12.1 Å². The van der Waals surface area contributed by atoms with Crippen LogP contribution in [-0.4, -0.2) is 92.1 Å². The van der Waals surface area contributed by atoms with Gasteiger partial charge in [0.1, 0.15) is 35.9 Å². The van der Waals surface area contributed by atoms with Crippen LogP contribution < -0.4 is 15.2 Å². The lowest BCUT2D eigenvalue weighted by atomic mass is 10.1. The van der Waals surface area contributed by atoms with E-state index in [9.17, 15) is 19.7 Å². The van der Waals surface area contributed by atoms with E-state index in [-0.39, 0.29) is 48.8 Å². The van der Waals surface area contributed by atoms with E-state index >= 15 is 0 Å². The normalized spacial score (nSPS) is 26.5. The average Bonchev–Trinajstić information content (AvgIpc) is 3.96. The van der Waals surface area contributed by atoms with Crippen molar-refractivity contribution < 1.29 is 52.4 Å². The number of hydrogen-bond acceptors (Lipinski definition) is 13. The lowest BCUT2D eigenvalue weighted by Crippen LogP contribution is -2.36. The average molecular weight is 782 g/mol. The van der Waals surface area contributed by atoms with Gasteiger partial charge in [-0.3, -0.25) is 10.1 Å². The molecule has 0 spiro atoms. The molecular formula is C38H34Cl2N2O12. The summed E-state index contributed by atoms with van der Waals surface area (Å²) in [5, 5.41) is 11.4. The highest BCUT2D eigenvalue weighted by Gasteiger charge is 2.52. The van der Waals surface area contributed by atoms with Crippen LogP contribution in [0.2, 0.25) is 10.0 Å². The number of fused-ring (bicyclic) bond motifs is 2. The molecule has 14 nitrogen and oxygen atoms in total. The molecule has 0 saturated carbocycles. The van der Waals surface area contributed by atoms with Crippen molar-refractivity contribution in [2.45, 2.75) is 48.8 Å². The molecule has 8 rings (SSSR count). The first-order valence-electron chi connectivity index (χ1n) is 17.0. The van der Waals surface area contributed by atoms with Crippen LogP contribution in [0.25, 0.3) is 0 Å². The second-order valence-electron chi connectivity index (χ2n) is 12.7. The number of anilines is 1. The Labute approximate surface area is 319 Å².